The monoisotopic (exact) mass is 419 g/mol. The van der Waals surface area contributed by atoms with Gasteiger partial charge in [-0.25, -0.2) is 18.3 Å². The Labute approximate surface area is 178 Å². The van der Waals surface area contributed by atoms with E-state index in [-0.39, 0.29) is 5.82 Å². The number of carbonyl (C=O) groups is 1. The molecule has 0 aliphatic carbocycles. The van der Waals surface area contributed by atoms with Gasteiger partial charge in [0, 0.05) is 11.1 Å². The predicted molar refractivity (Wildman–Crippen MR) is 115 cm³/mol. The molecule has 0 bridgehead atoms. The summed E-state index contributed by atoms with van der Waals surface area (Å²) >= 11 is 0. The molecule has 0 atom stereocenters. The molecule has 0 spiro atoms. The van der Waals surface area contributed by atoms with Gasteiger partial charge < -0.3 is 15.8 Å². The number of ether oxygens (including phenoxy) is 1. The third-order valence-electron chi connectivity index (χ3n) is 5.69. The van der Waals surface area contributed by atoms with Crippen LogP contribution in [0.15, 0.2) is 60.9 Å². The number of hydrogen-bond donors (Lipinski definition) is 2. The minimum atomic E-state index is -0.549. The van der Waals surface area contributed by atoms with E-state index in [9.17, 15) is 9.18 Å². The van der Waals surface area contributed by atoms with Crippen molar-refractivity contribution >= 4 is 11.7 Å². The van der Waals surface area contributed by atoms with Gasteiger partial charge in [0.25, 0.3) is 0 Å². The van der Waals surface area contributed by atoms with E-state index < -0.39 is 6.03 Å². The van der Waals surface area contributed by atoms with Crippen LogP contribution >= 0.6 is 0 Å². The number of aromatic nitrogens is 3. The zero-order chi connectivity index (χ0) is 21.4. The molecule has 2 aromatic carbocycles. The van der Waals surface area contributed by atoms with Crippen molar-refractivity contribution in [3.8, 4) is 22.8 Å². The second-order valence-electron chi connectivity index (χ2n) is 7.66. The number of rotatable bonds is 4. The molecule has 8 heteroatoms. The molecule has 2 aromatic heterocycles. The molecule has 3 heterocycles. The Kier molecular flexibility index (Phi) is 4.91. The second-order valence-corrected chi connectivity index (χ2v) is 7.66. The Morgan fingerprint density at radius 3 is 2.35 bits per heavy atom. The number of hydrogen-bond acceptors (Lipinski definition) is 4. The number of amides is 1. The number of primary amides is 1. The van der Waals surface area contributed by atoms with Crippen molar-refractivity contribution in [2.75, 3.05) is 13.1 Å². The molecular weight excluding hydrogens is 397 g/mol. The van der Waals surface area contributed by atoms with Crippen LogP contribution in [0.2, 0.25) is 0 Å². The maximum absolute atomic E-state index is 13.1. The Bertz CT molecular complexity index is 1220. The number of carbonyl (C=O) groups excluding carboxylic acids is 1. The molecule has 1 aliphatic heterocycles. The summed E-state index contributed by atoms with van der Waals surface area (Å²) in [4.78, 5) is 12.4. The Balaban J connectivity index is 1.49. The molecule has 0 radical (unpaired) electrons. The molecule has 31 heavy (non-hydrogen) atoms. The molecule has 1 saturated heterocycles. The highest BCUT2D eigenvalue weighted by molar-refractivity contribution is 5.87. The third-order valence-corrected chi connectivity index (χ3v) is 5.69. The van der Waals surface area contributed by atoms with Crippen LogP contribution in [-0.4, -0.2) is 33.3 Å². The Morgan fingerprint density at radius 2 is 1.71 bits per heavy atom. The minimum Gasteiger partial charge on any atom is -0.457 e. The lowest BCUT2D eigenvalue weighted by Gasteiger charge is -2.22. The van der Waals surface area contributed by atoms with Crippen molar-refractivity contribution in [3.05, 3.63) is 72.3 Å². The van der Waals surface area contributed by atoms with E-state index in [2.05, 4.69) is 10.4 Å². The van der Waals surface area contributed by atoms with Gasteiger partial charge in [0.15, 0.2) is 0 Å². The lowest BCUT2D eigenvalue weighted by molar-refractivity contribution is 0.251. The number of benzene rings is 2. The molecule has 1 fully saturated rings. The van der Waals surface area contributed by atoms with Gasteiger partial charge >= 0.3 is 6.03 Å². The molecule has 5 rings (SSSR count). The summed E-state index contributed by atoms with van der Waals surface area (Å²) in [6.45, 7) is 1.89. The lowest BCUT2D eigenvalue weighted by Crippen LogP contribution is -2.27. The molecule has 1 amide bonds. The van der Waals surface area contributed by atoms with Gasteiger partial charge in [-0.1, -0.05) is 0 Å². The maximum atomic E-state index is 13.1. The molecule has 158 valence electrons. The van der Waals surface area contributed by atoms with Crippen LogP contribution < -0.4 is 15.8 Å². The van der Waals surface area contributed by atoms with Crippen LogP contribution in [0.25, 0.3) is 16.9 Å². The van der Waals surface area contributed by atoms with E-state index in [1.807, 2.05) is 24.5 Å². The maximum Gasteiger partial charge on any atom is 0.325 e. The molecule has 1 aliphatic rings. The van der Waals surface area contributed by atoms with E-state index in [0.29, 0.717) is 23.1 Å². The van der Waals surface area contributed by atoms with Crippen LogP contribution in [-0.2, 0) is 0 Å². The number of imidazole rings is 1. The van der Waals surface area contributed by atoms with Crippen molar-refractivity contribution < 1.29 is 13.9 Å². The van der Waals surface area contributed by atoms with Crippen molar-refractivity contribution in [2.45, 2.75) is 18.8 Å². The fraction of sp³-hybridized carbons (Fsp3) is 0.217. The molecule has 0 unspecified atom stereocenters. The van der Waals surface area contributed by atoms with Crippen molar-refractivity contribution in [3.63, 3.8) is 0 Å². The average Bonchev–Trinajstić information content (AvgIpc) is 3.36. The van der Waals surface area contributed by atoms with Crippen LogP contribution in [0.5, 0.6) is 11.5 Å². The topological polar surface area (TPSA) is 86.6 Å². The number of nitrogens with two attached hydrogens (primary N) is 1. The highest BCUT2D eigenvalue weighted by Gasteiger charge is 2.25. The first-order chi connectivity index (χ1) is 15.1. The number of piperidine rings is 1. The Morgan fingerprint density at radius 1 is 1.06 bits per heavy atom. The van der Waals surface area contributed by atoms with Crippen LogP contribution in [0.1, 0.15) is 24.3 Å². The fourth-order valence-corrected chi connectivity index (χ4v) is 4.16. The zero-order valence-electron chi connectivity index (χ0n) is 16.8. The van der Waals surface area contributed by atoms with Gasteiger partial charge in [-0.2, -0.15) is 5.10 Å². The summed E-state index contributed by atoms with van der Waals surface area (Å²) in [6, 6.07) is 12.6. The van der Waals surface area contributed by atoms with Gasteiger partial charge in [-0.05, 0) is 80.4 Å². The molecular formula is C23H22FN5O2. The van der Waals surface area contributed by atoms with E-state index in [1.165, 1.54) is 16.7 Å². The SMILES string of the molecule is NC(=O)n1c(-c2ccc(Oc3ccc(F)cc3)cc2)cn2ncc(C3CCNCC3)c12. The van der Waals surface area contributed by atoms with Gasteiger partial charge in [0.1, 0.15) is 23.0 Å². The van der Waals surface area contributed by atoms with Crippen LogP contribution in [0.4, 0.5) is 9.18 Å². The third kappa shape index (κ3) is 3.66. The van der Waals surface area contributed by atoms with Crippen LogP contribution in [0, 0.1) is 5.82 Å². The number of nitrogens with zero attached hydrogens (tertiary/aromatic N) is 3. The number of fused-ring (bicyclic) bond motifs is 1. The number of halogens is 1. The normalized spacial score (nSPS) is 14.7. The summed E-state index contributed by atoms with van der Waals surface area (Å²) < 4.78 is 22.1. The lowest BCUT2D eigenvalue weighted by atomic mass is 9.92. The van der Waals surface area contributed by atoms with E-state index >= 15 is 0 Å². The van der Waals surface area contributed by atoms with Crippen LogP contribution in [0.3, 0.4) is 0 Å². The quantitative estimate of drug-likeness (QED) is 0.521. The molecule has 7 nitrogen and oxygen atoms in total. The van der Waals surface area contributed by atoms with Gasteiger partial charge in [0.2, 0.25) is 0 Å². The smallest absolute Gasteiger partial charge is 0.325 e. The predicted octanol–water partition coefficient (Wildman–Crippen LogP) is 4.13. The standard InChI is InChI=1S/C23H22FN5O2/c24-17-3-7-19(8-4-17)31-18-5-1-16(2-6-18)21-14-28-22(29(21)23(25)30)20(13-27-28)15-9-11-26-12-10-15/h1-8,13-15,26H,9-12H2,(H2,25,30). The molecule has 3 N–H and O–H groups in total. The summed E-state index contributed by atoms with van der Waals surface area (Å²) in [5.74, 6) is 1.17. The first-order valence-electron chi connectivity index (χ1n) is 10.2. The summed E-state index contributed by atoms with van der Waals surface area (Å²) in [7, 11) is 0. The highest BCUT2D eigenvalue weighted by Crippen LogP contribution is 2.33. The van der Waals surface area contributed by atoms with Gasteiger partial charge in [-0.15, -0.1) is 0 Å². The summed E-state index contributed by atoms with van der Waals surface area (Å²) in [5.41, 5.74) is 9.02. The average molecular weight is 419 g/mol. The summed E-state index contributed by atoms with van der Waals surface area (Å²) in [6.07, 6.45) is 5.65. The fourth-order valence-electron chi connectivity index (χ4n) is 4.16. The highest BCUT2D eigenvalue weighted by atomic mass is 19.1. The van der Waals surface area contributed by atoms with E-state index in [1.54, 1.807) is 28.8 Å². The van der Waals surface area contributed by atoms with Crippen molar-refractivity contribution in [2.24, 2.45) is 5.73 Å². The van der Waals surface area contributed by atoms with Gasteiger partial charge in [-0.3, -0.25) is 0 Å². The largest absolute Gasteiger partial charge is 0.457 e. The van der Waals surface area contributed by atoms with Gasteiger partial charge in [0.05, 0.1) is 18.1 Å². The molecule has 0 saturated carbocycles. The zero-order valence-corrected chi connectivity index (χ0v) is 16.8. The molecule has 4 aromatic rings. The Hall–Kier alpha value is -3.65. The van der Waals surface area contributed by atoms with E-state index in [4.69, 9.17) is 10.5 Å². The van der Waals surface area contributed by atoms with Crippen molar-refractivity contribution in [1.29, 1.82) is 0 Å². The summed E-state index contributed by atoms with van der Waals surface area (Å²) in [5, 5.41) is 7.84. The van der Waals surface area contributed by atoms with E-state index in [0.717, 1.165) is 42.7 Å². The minimum absolute atomic E-state index is 0.316. The van der Waals surface area contributed by atoms with Crippen molar-refractivity contribution in [1.82, 2.24) is 19.5 Å². The first-order valence-corrected chi connectivity index (χ1v) is 10.2. The second kappa shape index (κ2) is 7.88. The first kappa shape index (κ1) is 19.3. The number of nitrogens with one attached hydrogen (secondary N) is 1.